The number of anilines is 3. The molecular formula is C23H21Cl2N7. The smallest absolute Gasteiger partial charge is 0.175 e. The number of fused-ring (bicyclic) bond motifs is 1. The van der Waals surface area contributed by atoms with Crippen molar-refractivity contribution in [3.05, 3.63) is 76.4 Å². The van der Waals surface area contributed by atoms with Crippen molar-refractivity contribution < 1.29 is 0 Å². The van der Waals surface area contributed by atoms with E-state index in [2.05, 4.69) is 25.3 Å². The van der Waals surface area contributed by atoms with Crippen molar-refractivity contribution >= 4 is 51.7 Å². The molecule has 3 heterocycles. The zero-order chi connectivity index (χ0) is 21.9. The van der Waals surface area contributed by atoms with Gasteiger partial charge in [0.15, 0.2) is 17.5 Å². The first-order chi connectivity index (χ1) is 15.7. The van der Waals surface area contributed by atoms with Gasteiger partial charge in [0.05, 0.1) is 11.0 Å². The van der Waals surface area contributed by atoms with Gasteiger partial charge in [-0.15, -0.1) is 5.10 Å². The highest BCUT2D eigenvalue weighted by Crippen LogP contribution is 2.29. The Morgan fingerprint density at radius 3 is 2.41 bits per heavy atom. The van der Waals surface area contributed by atoms with Gasteiger partial charge in [0.1, 0.15) is 0 Å². The topological polar surface area (TPSA) is 70.1 Å². The molecule has 7 nitrogen and oxygen atoms in total. The standard InChI is InChI=1S/C23H21Cl2N7/c24-17-7-8-18(25)16(14-17)15-31-10-12-32(13-11-31)23-22(29-21-6-3-9-26-30-21)27-19-4-1-2-5-20(19)28-23/h1-9,14H,10-13,15H2,(H,27,29,30). The molecule has 1 fully saturated rings. The molecule has 1 aliphatic heterocycles. The number of nitrogens with zero attached hydrogens (tertiary/aromatic N) is 6. The first-order valence-electron chi connectivity index (χ1n) is 10.4. The van der Waals surface area contributed by atoms with Gasteiger partial charge in [0.2, 0.25) is 0 Å². The lowest BCUT2D eigenvalue weighted by molar-refractivity contribution is 0.249. The summed E-state index contributed by atoms with van der Waals surface area (Å²) in [5, 5.41) is 12.8. The molecule has 1 aliphatic rings. The van der Waals surface area contributed by atoms with Crippen LogP contribution in [0.2, 0.25) is 10.0 Å². The fourth-order valence-corrected chi connectivity index (χ4v) is 4.18. The Bertz CT molecular complexity index is 1230. The molecule has 0 spiro atoms. The summed E-state index contributed by atoms with van der Waals surface area (Å²) in [5.41, 5.74) is 2.74. The Morgan fingerprint density at radius 1 is 0.875 bits per heavy atom. The first-order valence-corrected chi connectivity index (χ1v) is 11.1. The van der Waals surface area contributed by atoms with Crippen LogP contribution in [0, 0.1) is 0 Å². The average molecular weight is 466 g/mol. The van der Waals surface area contributed by atoms with Crippen molar-refractivity contribution in [2.45, 2.75) is 6.54 Å². The van der Waals surface area contributed by atoms with Gasteiger partial charge < -0.3 is 10.2 Å². The molecule has 4 aromatic rings. The van der Waals surface area contributed by atoms with Gasteiger partial charge in [0.25, 0.3) is 0 Å². The Kier molecular flexibility index (Phi) is 6.03. The van der Waals surface area contributed by atoms with Gasteiger partial charge >= 0.3 is 0 Å². The van der Waals surface area contributed by atoms with Gasteiger partial charge in [-0.1, -0.05) is 35.3 Å². The maximum Gasteiger partial charge on any atom is 0.175 e. The minimum Gasteiger partial charge on any atom is -0.351 e. The summed E-state index contributed by atoms with van der Waals surface area (Å²) < 4.78 is 0. The molecule has 0 amide bonds. The summed E-state index contributed by atoms with van der Waals surface area (Å²) in [4.78, 5) is 14.4. The molecule has 0 unspecified atom stereocenters. The maximum absolute atomic E-state index is 6.36. The summed E-state index contributed by atoms with van der Waals surface area (Å²) in [6.45, 7) is 4.16. The predicted molar refractivity (Wildman–Crippen MR) is 129 cm³/mol. The highest BCUT2D eigenvalue weighted by molar-refractivity contribution is 6.33. The first kappa shape index (κ1) is 20.9. The number of halogens is 2. The van der Waals surface area contributed by atoms with E-state index in [1.54, 1.807) is 6.20 Å². The molecule has 5 rings (SSSR count). The van der Waals surface area contributed by atoms with Crippen LogP contribution in [0.5, 0.6) is 0 Å². The van der Waals surface area contributed by atoms with E-state index in [9.17, 15) is 0 Å². The summed E-state index contributed by atoms with van der Waals surface area (Å²) in [6, 6.07) is 17.2. The third-order valence-electron chi connectivity index (χ3n) is 5.44. The van der Waals surface area contributed by atoms with E-state index in [4.69, 9.17) is 33.2 Å². The monoisotopic (exact) mass is 465 g/mol. The van der Waals surface area contributed by atoms with Crippen molar-refractivity contribution in [1.29, 1.82) is 0 Å². The fourth-order valence-electron chi connectivity index (χ4n) is 3.81. The minimum atomic E-state index is 0.632. The number of aromatic nitrogens is 4. The van der Waals surface area contributed by atoms with Crippen molar-refractivity contribution in [3.8, 4) is 0 Å². The normalized spacial score (nSPS) is 14.6. The molecule has 0 aliphatic carbocycles. The summed E-state index contributed by atoms with van der Waals surface area (Å²) in [5.74, 6) is 2.12. The molecule has 0 radical (unpaired) electrons. The quantitative estimate of drug-likeness (QED) is 0.454. The van der Waals surface area contributed by atoms with Crippen LogP contribution in [0.1, 0.15) is 5.56 Å². The number of hydrogen-bond acceptors (Lipinski definition) is 7. The molecule has 1 saturated heterocycles. The Hall–Kier alpha value is -3.00. The Morgan fingerprint density at radius 2 is 1.66 bits per heavy atom. The van der Waals surface area contributed by atoms with Gasteiger partial charge in [-0.3, -0.25) is 4.90 Å². The molecule has 0 saturated carbocycles. The molecule has 162 valence electrons. The van der Waals surface area contributed by atoms with Gasteiger partial charge in [-0.25, -0.2) is 9.97 Å². The number of piperazine rings is 1. The molecule has 1 N–H and O–H groups in total. The van der Waals surface area contributed by atoms with Crippen LogP contribution in [-0.2, 0) is 6.54 Å². The molecule has 2 aromatic carbocycles. The molecular weight excluding hydrogens is 445 g/mol. The van der Waals surface area contributed by atoms with Crippen LogP contribution in [0.15, 0.2) is 60.8 Å². The second-order valence-electron chi connectivity index (χ2n) is 7.62. The number of para-hydroxylation sites is 2. The van der Waals surface area contributed by atoms with E-state index in [1.165, 1.54) is 0 Å². The lowest BCUT2D eigenvalue weighted by atomic mass is 10.2. The zero-order valence-electron chi connectivity index (χ0n) is 17.2. The molecule has 2 aromatic heterocycles. The molecule has 0 atom stereocenters. The largest absolute Gasteiger partial charge is 0.351 e. The van der Waals surface area contributed by atoms with E-state index in [0.29, 0.717) is 16.7 Å². The lowest BCUT2D eigenvalue weighted by Crippen LogP contribution is -2.46. The Labute approximate surface area is 196 Å². The van der Waals surface area contributed by atoms with Crippen LogP contribution in [-0.4, -0.2) is 51.2 Å². The van der Waals surface area contributed by atoms with E-state index in [-0.39, 0.29) is 0 Å². The second kappa shape index (κ2) is 9.24. The van der Waals surface area contributed by atoms with Gasteiger partial charge in [0, 0.05) is 49.0 Å². The predicted octanol–water partition coefficient (Wildman–Crippen LogP) is 4.79. The number of rotatable bonds is 5. The van der Waals surface area contributed by atoms with E-state index < -0.39 is 0 Å². The summed E-state index contributed by atoms with van der Waals surface area (Å²) in [7, 11) is 0. The number of nitrogens with one attached hydrogen (secondary N) is 1. The Balaban J connectivity index is 1.37. The lowest BCUT2D eigenvalue weighted by Gasteiger charge is -2.36. The number of hydrogen-bond donors (Lipinski definition) is 1. The van der Waals surface area contributed by atoms with Crippen molar-refractivity contribution in [1.82, 2.24) is 25.1 Å². The molecule has 32 heavy (non-hydrogen) atoms. The van der Waals surface area contributed by atoms with Crippen molar-refractivity contribution in [2.75, 3.05) is 36.4 Å². The zero-order valence-corrected chi connectivity index (χ0v) is 18.8. The molecule has 0 bridgehead atoms. The highest BCUT2D eigenvalue weighted by atomic mass is 35.5. The third-order valence-corrected chi connectivity index (χ3v) is 6.05. The van der Waals surface area contributed by atoms with E-state index in [1.807, 2.05) is 54.6 Å². The minimum absolute atomic E-state index is 0.632. The van der Waals surface area contributed by atoms with E-state index >= 15 is 0 Å². The maximum atomic E-state index is 6.36. The third kappa shape index (κ3) is 4.60. The summed E-state index contributed by atoms with van der Waals surface area (Å²) in [6.07, 6.45) is 1.64. The van der Waals surface area contributed by atoms with Crippen LogP contribution in [0.3, 0.4) is 0 Å². The van der Waals surface area contributed by atoms with Crippen LogP contribution >= 0.6 is 23.2 Å². The van der Waals surface area contributed by atoms with Crippen molar-refractivity contribution in [2.24, 2.45) is 0 Å². The van der Waals surface area contributed by atoms with Crippen LogP contribution in [0.25, 0.3) is 11.0 Å². The second-order valence-corrected chi connectivity index (χ2v) is 8.46. The average Bonchev–Trinajstić information content (AvgIpc) is 2.82. The number of benzene rings is 2. The fraction of sp³-hybridized carbons (Fsp3) is 0.217. The van der Waals surface area contributed by atoms with Crippen LogP contribution < -0.4 is 10.2 Å². The van der Waals surface area contributed by atoms with Gasteiger partial charge in [-0.2, -0.15) is 5.10 Å². The molecule has 9 heteroatoms. The van der Waals surface area contributed by atoms with Crippen LogP contribution in [0.4, 0.5) is 17.5 Å². The van der Waals surface area contributed by atoms with Gasteiger partial charge in [-0.05, 0) is 48.0 Å². The highest BCUT2D eigenvalue weighted by Gasteiger charge is 2.23. The van der Waals surface area contributed by atoms with E-state index in [0.717, 1.165) is 60.2 Å². The van der Waals surface area contributed by atoms with Crippen molar-refractivity contribution in [3.63, 3.8) is 0 Å². The SMILES string of the molecule is Clc1ccc(Cl)c(CN2CCN(c3nc4ccccc4nc3Nc3cccnn3)CC2)c1. The summed E-state index contributed by atoms with van der Waals surface area (Å²) >= 11 is 12.5.